The first kappa shape index (κ1) is 15.7. The van der Waals surface area contributed by atoms with Crippen molar-refractivity contribution in [2.24, 2.45) is 0 Å². The fraction of sp³-hybridized carbons (Fsp3) is 0.100. The molecule has 0 aliphatic rings. The molecule has 0 unspecified atom stereocenters. The van der Waals surface area contributed by atoms with E-state index in [9.17, 15) is 0 Å². The Morgan fingerprint density at radius 3 is 1.25 bits per heavy atom. The molecule has 0 aliphatic heterocycles. The van der Waals surface area contributed by atoms with Crippen LogP contribution < -0.4 is 0 Å². The second-order valence-electron chi connectivity index (χ2n) is 5.55. The van der Waals surface area contributed by atoms with Crippen molar-refractivity contribution in [2.75, 3.05) is 0 Å². The van der Waals surface area contributed by atoms with Crippen LogP contribution in [-0.2, 0) is 0 Å². The van der Waals surface area contributed by atoms with Crippen molar-refractivity contribution in [1.29, 1.82) is 0 Å². The molecule has 0 saturated heterocycles. The van der Waals surface area contributed by atoms with Gasteiger partial charge in [0.2, 0.25) is 0 Å². The molecule has 0 aliphatic carbocycles. The normalized spacial score (nSPS) is 10.1. The molecule has 24 heavy (non-hydrogen) atoms. The summed E-state index contributed by atoms with van der Waals surface area (Å²) in [6, 6.07) is 20.5. The van der Waals surface area contributed by atoms with E-state index in [4.69, 9.17) is 0 Å². The molecule has 4 rings (SSSR count). The summed E-state index contributed by atoms with van der Waals surface area (Å²) in [5.74, 6) is 0. The summed E-state index contributed by atoms with van der Waals surface area (Å²) in [4.78, 5) is 0. The standard InChI is InChI=1S/2C10H10N2/c2*1-8-10(7-11-12-8)9-5-3-2-4-6-9/h2*2-7H,1H3,(H,11,12). The minimum Gasteiger partial charge on any atom is -0.282 e. The Morgan fingerprint density at radius 1 is 0.583 bits per heavy atom. The summed E-state index contributed by atoms with van der Waals surface area (Å²) in [7, 11) is 0. The average molecular weight is 316 g/mol. The van der Waals surface area contributed by atoms with Crippen LogP contribution in [0.5, 0.6) is 0 Å². The highest BCUT2D eigenvalue weighted by Crippen LogP contribution is 2.20. The van der Waals surface area contributed by atoms with Crippen molar-refractivity contribution in [3.63, 3.8) is 0 Å². The fourth-order valence-corrected chi connectivity index (χ4v) is 2.52. The largest absolute Gasteiger partial charge is 0.282 e. The van der Waals surface area contributed by atoms with E-state index in [0.717, 1.165) is 11.4 Å². The molecule has 4 aromatic rings. The zero-order chi connectivity index (χ0) is 16.8. The van der Waals surface area contributed by atoms with E-state index in [0.29, 0.717) is 0 Å². The maximum Gasteiger partial charge on any atom is 0.0568 e. The van der Waals surface area contributed by atoms with Crippen LogP contribution in [0.4, 0.5) is 0 Å². The van der Waals surface area contributed by atoms with Gasteiger partial charge in [0.1, 0.15) is 0 Å². The van der Waals surface area contributed by atoms with Gasteiger partial charge in [0.05, 0.1) is 12.4 Å². The molecule has 0 spiro atoms. The van der Waals surface area contributed by atoms with Crippen LogP contribution in [-0.4, -0.2) is 20.4 Å². The van der Waals surface area contributed by atoms with Crippen molar-refractivity contribution in [3.05, 3.63) is 84.4 Å². The van der Waals surface area contributed by atoms with E-state index in [2.05, 4.69) is 44.7 Å². The van der Waals surface area contributed by atoms with Crippen molar-refractivity contribution in [1.82, 2.24) is 20.4 Å². The fourth-order valence-electron chi connectivity index (χ4n) is 2.52. The number of H-pyrrole nitrogens is 2. The van der Waals surface area contributed by atoms with Gasteiger partial charge < -0.3 is 0 Å². The molecule has 120 valence electrons. The smallest absolute Gasteiger partial charge is 0.0568 e. The Balaban J connectivity index is 0.000000141. The molecule has 2 aromatic carbocycles. The van der Waals surface area contributed by atoms with E-state index in [1.54, 1.807) is 0 Å². The van der Waals surface area contributed by atoms with Crippen molar-refractivity contribution in [2.45, 2.75) is 13.8 Å². The lowest BCUT2D eigenvalue weighted by Gasteiger charge is -1.96. The summed E-state index contributed by atoms with van der Waals surface area (Å²) in [6.07, 6.45) is 3.70. The van der Waals surface area contributed by atoms with Gasteiger partial charge in [0.25, 0.3) is 0 Å². The molecule has 2 aromatic heterocycles. The quantitative estimate of drug-likeness (QED) is 0.559. The number of rotatable bonds is 2. The van der Waals surface area contributed by atoms with E-state index in [1.807, 2.05) is 62.6 Å². The first-order chi connectivity index (χ1) is 11.8. The Morgan fingerprint density at radius 2 is 0.958 bits per heavy atom. The summed E-state index contributed by atoms with van der Waals surface area (Å²) in [5.41, 5.74) is 7.00. The van der Waals surface area contributed by atoms with Crippen LogP contribution in [0.25, 0.3) is 22.3 Å². The molecular formula is C20H20N4. The summed E-state index contributed by atoms with van der Waals surface area (Å²) >= 11 is 0. The number of aryl methyl sites for hydroxylation is 2. The molecule has 0 atom stereocenters. The summed E-state index contributed by atoms with van der Waals surface area (Å²) < 4.78 is 0. The lowest BCUT2D eigenvalue weighted by Crippen LogP contribution is -1.76. The third kappa shape index (κ3) is 3.60. The number of hydrogen-bond donors (Lipinski definition) is 2. The van der Waals surface area contributed by atoms with E-state index >= 15 is 0 Å². The monoisotopic (exact) mass is 316 g/mol. The van der Waals surface area contributed by atoms with Crippen LogP contribution in [0.15, 0.2) is 73.1 Å². The van der Waals surface area contributed by atoms with Crippen LogP contribution in [0.1, 0.15) is 11.4 Å². The number of benzene rings is 2. The number of nitrogens with zero attached hydrogens (tertiary/aromatic N) is 2. The lowest BCUT2D eigenvalue weighted by atomic mass is 10.1. The van der Waals surface area contributed by atoms with Crippen molar-refractivity contribution >= 4 is 0 Å². The summed E-state index contributed by atoms with van der Waals surface area (Å²) in [6.45, 7) is 4.05. The van der Waals surface area contributed by atoms with Gasteiger partial charge in [-0.15, -0.1) is 0 Å². The second kappa shape index (κ2) is 7.42. The molecule has 0 saturated carbocycles. The van der Waals surface area contributed by atoms with Crippen LogP contribution in [0.3, 0.4) is 0 Å². The molecule has 0 amide bonds. The maximum absolute atomic E-state index is 3.97. The van der Waals surface area contributed by atoms with Gasteiger partial charge >= 0.3 is 0 Å². The first-order valence-electron chi connectivity index (χ1n) is 7.86. The van der Waals surface area contributed by atoms with Crippen LogP contribution in [0.2, 0.25) is 0 Å². The van der Waals surface area contributed by atoms with Gasteiger partial charge in [0.15, 0.2) is 0 Å². The predicted octanol–water partition coefficient (Wildman–Crippen LogP) is 4.77. The van der Waals surface area contributed by atoms with E-state index in [1.165, 1.54) is 22.3 Å². The van der Waals surface area contributed by atoms with Gasteiger partial charge in [-0.05, 0) is 25.0 Å². The SMILES string of the molecule is Cc1[nH]ncc1-c1ccccc1.Cc1[nH]ncc1-c1ccccc1. The molecule has 0 bridgehead atoms. The molecule has 4 heteroatoms. The minimum absolute atomic E-state index is 1.11. The molecular weight excluding hydrogens is 296 g/mol. The average Bonchev–Trinajstić information content (AvgIpc) is 3.25. The molecule has 0 radical (unpaired) electrons. The Kier molecular flexibility index (Phi) is 4.87. The van der Waals surface area contributed by atoms with Gasteiger partial charge in [-0.1, -0.05) is 60.7 Å². The molecule has 2 N–H and O–H groups in total. The highest BCUT2D eigenvalue weighted by Gasteiger charge is 2.01. The third-order valence-corrected chi connectivity index (χ3v) is 3.83. The zero-order valence-corrected chi connectivity index (χ0v) is 13.8. The summed E-state index contributed by atoms with van der Waals surface area (Å²) in [5, 5.41) is 13.8. The van der Waals surface area contributed by atoms with Crippen molar-refractivity contribution < 1.29 is 0 Å². The van der Waals surface area contributed by atoms with Gasteiger partial charge in [-0.3, -0.25) is 10.2 Å². The number of hydrogen-bond acceptors (Lipinski definition) is 2. The van der Waals surface area contributed by atoms with Gasteiger partial charge in [-0.25, -0.2) is 0 Å². The Labute approximate surface area is 141 Å². The first-order valence-corrected chi connectivity index (χ1v) is 7.86. The number of aromatic amines is 2. The third-order valence-electron chi connectivity index (χ3n) is 3.83. The highest BCUT2D eigenvalue weighted by molar-refractivity contribution is 5.65. The molecule has 0 fully saturated rings. The minimum atomic E-state index is 1.11. The van der Waals surface area contributed by atoms with Crippen LogP contribution >= 0.6 is 0 Å². The Bertz CT molecular complexity index is 800. The predicted molar refractivity (Wildman–Crippen MR) is 97.5 cm³/mol. The van der Waals surface area contributed by atoms with Gasteiger partial charge in [-0.2, -0.15) is 10.2 Å². The lowest BCUT2D eigenvalue weighted by molar-refractivity contribution is 1.05. The second-order valence-corrected chi connectivity index (χ2v) is 5.55. The molecule has 4 nitrogen and oxygen atoms in total. The maximum atomic E-state index is 3.97. The number of nitrogens with one attached hydrogen (secondary N) is 2. The highest BCUT2D eigenvalue weighted by atomic mass is 15.1. The van der Waals surface area contributed by atoms with E-state index in [-0.39, 0.29) is 0 Å². The zero-order valence-electron chi connectivity index (χ0n) is 13.8. The van der Waals surface area contributed by atoms with Crippen LogP contribution in [0, 0.1) is 13.8 Å². The number of aromatic nitrogens is 4. The van der Waals surface area contributed by atoms with E-state index < -0.39 is 0 Å². The molecule has 2 heterocycles. The Hall–Kier alpha value is -3.14. The van der Waals surface area contributed by atoms with Gasteiger partial charge in [0, 0.05) is 22.5 Å². The van der Waals surface area contributed by atoms with Crippen molar-refractivity contribution in [3.8, 4) is 22.3 Å². The topological polar surface area (TPSA) is 57.4 Å².